The molecule has 1 amide bonds. The minimum absolute atomic E-state index is 0.0137. The number of amides is 1. The van der Waals surface area contributed by atoms with Crippen molar-refractivity contribution < 1.29 is 4.79 Å². The van der Waals surface area contributed by atoms with E-state index in [-0.39, 0.29) is 5.91 Å². The van der Waals surface area contributed by atoms with Gasteiger partial charge in [-0.1, -0.05) is 54.6 Å². The summed E-state index contributed by atoms with van der Waals surface area (Å²) in [4.78, 5) is 14.5. The van der Waals surface area contributed by atoms with Gasteiger partial charge in [-0.25, -0.2) is 0 Å². The SMILES string of the molecule is C=C(C)CN(/C=C/c1ccccc1)C(=O)c1ccccc1I. The number of halogens is 1. The van der Waals surface area contributed by atoms with Crippen LogP contribution in [0.4, 0.5) is 0 Å². The van der Waals surface area contributed by atoms with Crippen molar-refractivity contribution in [2.24, 2.45) is 0 Å². The van der Waals surface area contributed by atoms with E-state index < -0.39 is 0 Å². The van der Waals surface area contributed by atoms with Gasteiger partial charge in [0.25, 0.3) is 5.91 Å². The van der Waals surface area contributed by atoms with Gasteiger partial charge in [0.2, 0.25) is 0 Å². The number of hydrogen-bond donors (Lipinski definition) is 0. The van der Waals surface area contributed by atoms with Crippen LogP contribution in [0.15, 0.2) is 72.9 Å². The molecule has 0 aliphatic heterocycles. The predicted molar refractivity (Wildman–Crippen MR) is 100 cm³/mol. The van der Waals surface area contributed by atoms with Gasteiger partial charge in [-0.3, -0.25) is 4.79 Å². The fourth-order valence-electron chi connectivity index (χ4n) is 2.01. The lowest BCUT2D eigenvalue weighted by Gasteiger charge is -2.19. The summed E-state index contributed by atoms with van der Waals surface area (Å²) in [5, 5.41) is 0. The second kappa shape index (κ2) is 7.94. The number of rotatable bonds is 5. The van der Waals surface area contributed by atoms with Crippen molar-refractivity contribution in [1.82, 2.24) is 4.90 Å². The standard InChI is InChI=1S/C19H18INO/c1-15(2)14-21(13-12-16-8-4-3-5-9-16)19(22)17-10-6-7-11-18(17)20/h3-13H,1,14H2,2H3/b13-12+. The molecular weight excluding hydrogens is 385 g/mol. The molecule has 0 aliphatic carbocycles. The second-order valence-corrected chi connectivity index (χ2v) is 6.26. The summed E-state index contributed by atoms with van der Waals surface area (Å²) in [6.07, 6.45) is 3.77. The molecule has 0 atom stereocenters. The molecule has 0 bridgehead atoms. The van der Waals surface area contributed by atoms with Crippen molar-refractivity contribution in [1.29, 1.82) is 0 Å². The Hall–Kier alpha value is -1.88. The van der Waals surface area contributed by atoms with Gasteiger partial charge in [-0.15, -0.1) is 0 Å². The summed E-state index contributed by atoms with van der Waals surface area (Å²) >= 11 is 2.19. The Bertz CT molecular complexity index is 692. The van der Waals surface area contributed by atoms with Crippen molar-refractivity contribution in [3.63, 3.8) is 0 Å². The van der Waals surface area contributed by atoms with Crippen molar-refractivity contribution >= 4 is 34.6 Å². The molecule has 0 heterocycles. The fourth-order valence-corrected chi connectivity index (χ4v) is 2.63. The predicted octanol–water partition coefficient (Wildman–Crippen LogP) is 4.98. The van der Waals surface area contributed by atoms with E-state index >= 15 is 0 Å². The Morgan fingerprint density at radius 3 is 2.41 bits per heavy atom. The first-order valence-corrected chi connectivity index (χ1v) is 8.09. The molecular formula is C19H18INO. The van der Waals surface area contributed by atoms with Crippen LogP contribution in [0, 0.1) is 3.57 Å². The normalized spacial score (nSPS) is 10.6. The molecule has 0 aromatic heterocycles. The summed E-state index contributed by atoms with van der Waals surface area (Å²) in [7, 11) is 0. The number of hydrogen-bond acceptors (Lipinski definition) is 1. The Labute approximate surface area is 145 Å². The minimum Gasteiger partial charge on any atom is -0.311 e. The van der Waals surface area contributed by atoms with Crippen LogP contribution in [-0.2, 0) is 0 Å². The molecule has 22 heavy (non-hydrogen) atoms. The molecule has 0 N–H and O–H groups in total. The van der Waals surface area contributed by atoms with Gasteiger partial charge in [-0.2, -0.15) is 0 Å². The van der Waals surface area contributed by atoms with E-state index in [0.29, 0.717) is 12.1 Å². The van der Waals surface area contributed by atoms with Gasteiger partial charge in [0, 0.05) is 16.3 Å². The Kier molecular flexibility index (Phi) is 5.95. The van der Waals surface area contributed by atoms with Crippen LogP contribution in [0.1, 0.15) is 22.8 Å². The zero-order chi connectivity index (χ0) is 15.9. The van der Waals surface area contributed by atoms with E-state index in [0.717, 1.165) is 14.7 Å². The topological polar surface area (TPSA) is 20.3 Å². The lowest BCUT2D eigenvalue weighted by molar-refractivity contribution is 0.0832. The van der Waals surface area contributed by atoms with E-state index in [2.05, 4.69) is 29.2 Å². The van der Waals surface area contributed by atoms with Gasteiger partial charge in [0.1, 0.15) is 0 Å². The van der Waals surface area contributed by atoms with Crippen LogP contribution >= 0.6 is 22.6 Å². The van der Waals surface area contributed by atoms with Crippen molar-refractivity contribution in [3.05, 3.63) is 87.6 Å². The largest absolute Gasteiger partial charge is 0.311 e. The molecule has 112 valence electrons. The van der Waals surface area contributed by atoms with E-state index in [1.165, 1.54) is 0 Å². The third-order valence-corrected chi connectivity index (χ3v) is 3.99. The Morgan fingerprint density at radius 2 is 1.77 bits per heavy atom. The summed E-state index contributed by atoms with van der Waals surface area (Å²) in [5.41, 5.74) is 2.71. The van der Waals surface area contributed by atoms with Gasteiger partial charge in [0.15, 0.2) is 0 Å². The number of benzene rings is 2. The lowest BCUT2D eigenvalue weighted by Crippen LogP contribution is -2.27. The number of carbonyl (C=O) groups excluding carboxylic acids is 1. The Morgan fingerprint density at radius 1 is 1.14 bits per heavy atom. The highest BCUT2D eigenvalue weighted by Gasteiger charge is 2.15. The van der Waals surface area contributed by atoms with Crippen LogP contribution in [-0.4, -0.2) is 17.4 Å². The van der Waals surface area contributed by atoms with E-state index in [4.69, 9.17) is 0 Å². The van der Waals surface area contributed by atoms with Gasteiger partial charge < -0.3 is 4.90 Å². The van der Waals surface area contributed by atoms with Crippen molar-refractivity contribution in [3.8, 4) is 0 Å². The maximum Gasteiger partial charge on any atom is 0.259 e. The maximum atomic E-state index is 12.8. The molecule has 0 saturated heterocycles. The summed E-state index contributed by atoms with van der Waals surface area (Å²) in [6, 6.07) is 17.5. The van der Waals surface area contributed by atoms with Crippen LogP contribution in [0.25, 0.3) is 6.08 Å². The zero-order valence-electron chi connectivity index (χ0n) is 12.5. The first-order valence-electron chi connectivity index (χ1n) is 7.01. The van der Waals surface area contributed by atoms with Crippen LogP contribution in [0.5, 0.6) is 0 Å². The average molecular weight is 403 g/mol. The Balaban J connectivity index is 2.26. The highest BCUT2D eigenvalue weighted by Crippen LogP contribution is 2.16. The third-order valence-electron chi connectivity index (χ3n) is 3.05. The van der Waals surface area contributed by atoms with Crippen LogP contribution in [0.3, 0.4) is 0 Å². The molecule has 2 nitrogen and oxygen atoms in total. The summed E-state index contributed by atoms with van der Waals surface area (Å²) < 4.78 is 0.949. The van der Waals surface area contributed by atoms with Crippen LogP contribution < -0.4 is 0 Å². The highest BCUT2D eigenvalue weighted by molar-refractivity contribution is 14.1. The zero-order valence-corrected chi connectivity index (χ0v) is 14.7. The molecule has 2 aromatic rings. The van der Waals surface area contributed by atoms with E-state index in [9.17, 15) is 4.79 Å². The second-order valence-electron chi connectivity index (χ2n) is 5.10. The minimum atomic E-state index is -0.0137. The lowest BCUT2D eigenvalue weighted by atomic mass is 10.2. The van der Waals surface area contributed by atoms with Gasteiger partial charge >= 0.3 is 0 Å². The third kappa shape index (κ3) is 4.56. The molecule has 2 aromatic carbocycles. The average Bonchev–Trinajstić information content (AvgIpc) is 2.52. The summed E-state index contributed by atoms with van der Waals surface area (Å²) in [6.45, 7) is 6.35. The maximum absolute atomic E-state index is 12.8. The molecule has 0 aliphatic rings. The highest BCUT2D eigenvalue weighted by atomic mass is 127. The number of carbonyl (C=O) groups is 1. The molecule has 0 radical (unpaired) electrons. The van der Waals surface area contributed by atoms with Gasteiger partial charge in [-0.05, 0) is 53.3 Å². The van der Waals surface area contributed by atoms with E-state index in [1.54, 1.807) is 4.90 Å². The summed E-state index contributed by atoms with van der Waals surface area (Å²) in [5.74, 6) is -0.0137. The fraction of sp³-hybridized carbons (Fsp3) is 0.105. The molecule has 0 spiro atoms. The van der Waals surface area contributed by atoms with Crippen molar-refractivity contribution in [2.75, 3.05) is 6.54 Å². The quantitative estimate of drug-likeness (QED) is 0.510. The molecule has 2 rings (SSSR count). The van der Waals surface area contributed by atoms with Gasteiger partial charge in [0.05, 0.1) is 5.56 Å². The first kappa shape index (κ1) is 16.5. The monoisotopic (exact) mass is 403 g/mol. The molecule has 3 heteroatoms. The molecule has 0 fully saturated rings. The van der Waals surface area contributed by atoms with Crippen LogP contribution in [0.2, 0.25) is 0 Å². The first-order chi connectivity index (χ1) is 10.6. The van der Waals surface area contributed by atoms with Crippen molar-refractivity contribution in [2.45, 2.75) is 6.92 Å². The van der Waals surface area contributed by atoms with E-state index in [1.807, 2.05) is 73.8 Å². The molecule has 0 saturated carbocycles. The smallest absolute Gasteiger partial charge is 0.259 e. The number of nitrogens with zero attached hydrogens (tertiary/aromatic N) is 1. The molecule has 0 unspecified atom stereocenters.